The van der Waals surface area contributed by atoms with Crippen LogP contribution in [0.25, 0.3) is 0 Å². The van der Waals surface area contributed by atoms with Gasteiger partial charge in [0, 0.05) is 26.1 Å². The van der Waals surface area contributed by atoms with E-state index in [4.69, 9.17) is 4.63 Å². The number of sulfonamides is 1. The van der Waals surface area contributed by atoms with Crippen LogP contribution in [0.2, 0.25) is 0 Å². The third kappa shape index (κ3) is 6.31. The summed E-state index contributed by atoms with van der Waals surface area (Å²) in [5.41, 5.74) is 1.91. The molecule has 2 aromatic rings. The maximum Gasteiger partial charge on any atom is 0.215 e. The minimum absolute atomic E-state index is 0.106. The Morgan fingerprint density at radius 3 is 2.77 bits per heavy atom. The van der Waals surface area contributed by atoms with E-state index >= 15 is 0 Å². The molecule has 12 heteroatoms. The number of aromatic nitrogens is 2. The van der Waals surface area contributed by atoms with Gasteiger partial charge in [-0.15, -0.1) is 0 Å². The van der Waals surface area contributed by atoms with E-state index in [0.717, 1.165) is 12.0 Å². The topological polar surface area (TPSA) is 112 Å². The second kappa shape index (κ2) is 10.6. The van der Waals surface area contributed by atoms with Crippen LogP contribution in [0.5, 0.6) is 0 Å². The van der Waals surface area contributed by atoms with Crippen molar-refractivity contribution in [2.24, 2.45) is 5.16 Å². The standard InChI is InChI=1S/C19H25BrFN5O4S/c1-25(10-11-31(28,29)26-8-3-9-26)7-2-4-17-19(24-30-23-17)18(22-27)13-14-5-6-16(21)15(20)12-14/h5-6,12,27H,2-4,7-11,13H2,1H3/b22-18+. The first kappa shape index (κ1) is 23.8. The average Bonchev–Trinajstić information content (AvgIpc) is 3.14. The van der Waals surface area contributed by atoms with Crippen LogP contribution in [-0.4, -0.2) is 77.8 Å². The van der Waals surface area contributed by atoms with E-state index in [-0.39, 0.29) is 23.7 Å². The van der Waals surface area contributed by atoms with Crippen LogP contribution in [0.15, 0.2) is 32.5 Å². The highest BCUT2D eigenvalue weighted by molar-refractivity contribution is 9.10. The van der Waals surface area contributed by atoms with Gasteiger partial charge in [-0.1, -0.05) is 16.4 Å². The number of aryl methyl sites for hydroxylation is 1. The lowest BCUT2D eigenvalue weighted by Crippen LogP contribution is -2.44. The minimum atomic E-state index is -3.16. The summed E-state index contributed by atoms with van der Waals surface area (Å²) in [6.07, 6.45) is 2.38. The molecule has 0 aliphatic carbocycles. The largest absolute Gasteiger partial charge is 0.411 e. The lowest BCUT2D eigenvalue weighted by atomic mass is 10.0. The van der Waals surface area contributed by atoms with Crippen molar-refractivity contribution in [3.05, 3.63) is 45.4 Å². The lowest BCUT2D eigenvalue weighted by Gasteiger charge is -2.30. The van der Waals surface area contributed by atoms with E-state index in [9.17, 15) is 18.0 Å². The molecule has 1 aromatic heterocycles. The first-order valence-electron chi connectivity index (χ1n) is 9.93. The molecule has 9 nitrogen and oxygen atoms in total. The summed E-state index contributed by atoms with van der Waals surface area (Å²) in [7, 11) is -1.28. The highest BCUT2D eigenvalue weighted by atomic mass is 79.9. The molecule has 31 heavy (non-hydrogen) atoms. The zero-order valence-corrected chi connectivity index (χ0v) is 19.6. The quantitative estimate of drug-likeness (QED) is 0.276. The van der Waals surface area contributed by atoms with Gasteiger partial charge in [-0.3, -0.25) is 0 Å². The Morgan fingerprint density at radius 2 is 2.13 bits per heavy atom. The Labute approximate surface area is 189 Å². The van der Waals surface area contributed by atoms with E-state index in [0.29, 0.717) is 54.9 Å². The normalized spacial score (nSPS) is 15.4. The van der Waals surface area contributed by atoms with E-state index in [1.165, 1.54) is 10.4 Å². The van der Waals surface area contributed by atoms with Crippen molar-refractivity contribution in [2.75, 3.05) is 39.0 Å². The van der Waals surface area contributed by atoms with E-state index < -0.39 is 10.0 Å². The van der Waals surface area contributed by atoms with Gasteiger partial charge in [0.15, 0.2) is 5.69 Å². The monoisotopic (exact) mass is 517 g/mol. The molecule has 1 aromatic carbocycles. The highest BCUT2D eigenvalue weighted by Crippen LogP contribution is 2.19. The van der Waals surface area contributed by atoms with Gasteiger partial charge in [0.05, 0.1) is 10.2 Å². The molecule has 1 aliphatic heterocycles. The maximum absolute atomic E-state index is 13.4. The molecule has 1 aliphatic rings. The van der Waals surface area contributed by atoms with Crippen LogP contribution >= 0.6 is 15.9 Å². The van der Waals surface area contributed by atoms with E-state index in [1.54, 1.807) is 12.1 Å². The zero-order chi connectivity index (χ0) is 22.4. The summed E-state index contributed by atoms with van der Waals surface area (Å²) >= 11 is 3.14. The van der Waals surface area contributed by atoms with Gasteiger partial charge in [0.25, 0.3) is 0 Å². The first-order valence-corrected chi connectivity index (χ1v) is 12.3. The fourth-order valence-corrected chi connectivity index (χ4v) is 5.23. The minimum Gasteiger partial charge on any atom is -0.411 e. The SMILES string of the molecule is CN(CCCc1nonc1/C(Cc1ccc(F)c(Br)c1)=N/O)CCS(=O)(=O)N1CCC1. The first-order chi connectivity index (χ1) is 14.8. The number of hydrogen-bond donors (Lipinski definition) is 1. The van der Waals surface area contributed by atoms with Gasteiger partial charge in [-0.2, -0.15) is 0 Å². The summed E-state index contributed by atoms with van der Waals surface area (Å²) in [6, 6.07) is 4.53. The van der Waals surface area contributed by atoms with Crippen LogP contribution in [-0.2, 0) is 22.9 Å². The van der Waals surface area contributed by atoms with Gasteiger partial charge in [-0.25, -0.2) is 21.7 Å². The molecule has 3 rings (SSSR count). The van der Waals surface area contributed by atoms with Crippen molar-refractivity contribution in [3.63, 3.8) is 0 Å². The summed E-state index contributed by atoms with van der Waals surface area (Å²) in [4.78, 5) is 1.96. The number of halogens is 2. The molecule has 0 spiro atoms. The Hall–Kier alpha value is -1.89. The summed E-state index contributed by atoms with van der Waals surface area (Å²) < 4.78 is 44.4. The fraction of sp³-hybridized carbons (Fsp3) is 0.526. The third-order valence-electron chi connectivity index (χ3n) is 5.20. The molecule has 0 atom stereocenters. The van der Waals surface area contributed by atoms with Crippen LogP contribution in [0.1, 0.15) is 29.8 Å². The van der Waals surface area contributed by atoms with Crippen molar-refractivity contribution < 1.29 is 22.6 Å². The molecule has 1 fully saturated rings. The smallest absolute Gasteiger partial charge is 0.215 e. The second-order valence-electron chi connectivity index (χ2n) is 7.51. The van der Waals surface area contributed by atoms with Crippen LogP contribution in [0, 0.1) is 5.82 Å². The van der Waals surface area contributed by atoms with E-state index in [2.05, 4.69) is 31.4 Å². The second-order valence-corrected chi connectivity index (χ2v) is 10.4. The average molecular weight is 518 g/mol. The van der Waals surface area contributed by atoms with Gasteiger partial charge in [0.1, 0.15) is 17.2 Å². The number of nitrogens with zero attached hydrogens (tertiary/aromatic N) is 5. The van der Waals surface area contributed by atoms with Crippen molar-refractivity contribution in [1.82, 2.24) is 19.5 Å². The predicted molar refractivity (Wildman–Crippen MR) is 116 cm³/mol. The Kier molecular flexibility index (Phi) is 8.14. The number of hydrogen-bond acceptors (Lipinski definition) is 8. The number of benzene rings is 1. The Morgan fingerprint density at radius 1 is 1.35 bits per heavy atom. The van der Waals surface area contributed by atoms with Gasteiger partial charge in [0.2, 0.25) is 10.0 Å². The van der Waals surface area contributed by atoms with Gasteiger partial charge in [-0.05, 0) is 71.6 Å². The molecule has 0 bridgehead atoms. The molecule has 2 heterocycles. The third-order valence-corrected chi connectivity index (χ3v) is 7.66. The lowest BCUT2D eigenvalue weighted by molar-refractivity contribution is 0.297. The fourth-order valence-electron chi connectivity index (χ4n) is 3.19. The highest BCUT2D eigenvalue weighted by Gasteiger charge is 2.27. The molecule has 0 saturated carbocycles. The number of oxime groups is 1. The molecule has 170 valence electrons. The van der Waals surface area contributed by atoms with Crippen LogP contribution < -0.4 is 0 Å². The molecular weight excluding hydrogens is 493 g/mol. The van der Waals surface area contributed by atoms with Crippen molar-refractivity contribution in [3.8, 4) is 0 Å². The molecule has 0 unspecified atom stereocenters. The van der Waals surface area contributed by atoms with Crippen molar-refractivity contribution >= 4 is 31.7 Å². The number of rotatable bonds is 11. The molecule has 1 saturated heterocycles. The van der Waals surface area contributed by atoms with Gasteiger partial charge < -0.3 is 10.1 Å². The van der Waals surface area contributed by atoms with Gasteiger partial charge >= 0.3 is 0 Å². The van der Waals surface area contributed by atoms with Crippen molar-refractivity contribution in [2.45, 2.75) is 25.7 Å². The van der Waals surface area contributed by atoms with Crippen molar-refractivity contribution in [1.29, 1.82) is 0 Å². The Bertz CT molecular complexity index is 1030. The predicted octanol–water partition coefficient (Wildman–Crippen LogP) is 2.29. The molecular formula is C19H25BrFN5O4S. The van der Waals surface area contributed by atoms with E-state index in [1.807, 2.05) is 11.9 Å². The molecule has 0 amide bonds. The molecule has 0 radical (unpaired) electrons. The van der Waals surface area contributed by atoms with Crippen LogP contribution in [0.3, 0.4) is 0 Å². The zero-order valence-electron chi connectivity index (χ0n) is 17.2. The summed E-state index contributed by atoms with van der Waals surface area (Å²) in [5.74, 6) is -0.272. The summed E-state index contributed by atoms with van der Waals surface area (Å²) in [6.45, 7) is 2.36. The Balaban J connectivity index is 1.51. The molecule has 1 N–H and O–H groups in total. The maximum atomic E-state index is 13.4. The summed E-state index contributed by atoms with van der Waals surface area (Å²) in [5, 5.41) is 20.6. The van der Waals surface area contributed by atoms with Crippen LogP contribution in [0.4, 0.5) is 4.39 Å².